The molecule has 1 aliphatic heterocycles. The second-order valence-electron chi connectivity index (χ2n) is 6.94. The second kappa shape index (κ2) is 6.74. The number of piperazine rings is 1. The van der Waals surface area contributed by atoms with Crippen molar-refractivity contribution in [2.45, 2.75) is 26.3 Å². The second-order valence-corrected chi connectivity index (χ2v) is 7.79. The van der Waals surface area contributed by atoms with Crippen molar-refractivity contribution >= 4 is 27.8 Å². The topological polar surface area (TPSA) is 65.9 Å². The highest BCUT2D eigenvalue weighted by Gasteiger charge is 2.46. The van der Waals surface area contributed by atoms with Gasteiger partial charge in [0.05, 0.1) is 17.8 Å². The molecule has 2 heterocycles. The number of aromatic nitrogens is 2. The Morgan fingerprint density at radius 2 is 2.04 bits per heavy atom. The predicted octanol–water partition coefficient (Wildman–Crippen LogP) is 1.74. The van der Waals surface area contributed by atoms with Crippen molar-refractivity contribution in [2.75, 3.05) is 45.2 Å². The first-order chi connectivity index (χ1) is 11.4. The maximum Gasteiger partial charge on any atom is 0.232 e. The number of hydrogen-bond acceptors (Lipinski definition) is 5. The van der Waals surface area contributed by atoms with E-state index in [4.69, 9.17) is 4.74 Å². The molecule has 2 aliphatic rings. The number of methoxy groups -OCH3 is 1. The summed E-state index contributed by atoms with van der Waals surface area (Å²) in [4.78, 5) is 17.8. The van der Waals surface area contributed by atoms with Gasteiger partial charge in [-0.3, -0.25) is 4.99 Å². The first-order valence-corrected chi connectivity index (χ1v) is 9.03. The Balaban J connectivity index is 1.59. The Morgan fingerprint density at radius 1 is 1.38 bits per heavy atom. The summed E-state index contributed by atoms with van der Waals surface area (Å²) in [5, 5.41) is 3.58. The van der Waals surface area contributed by atoms with E-state index in [2.05, 4.69) is 59.9 Å². The molecule has 0 aromatic carbocycles. The van der Waals surface area contributed by atoms with Crippen molar-refractivity contribution in [3.8, 4) is 5.88 Å². The van der Waals surface area contributed by atoms with Crippen LogP contribution in [0.15, 0.2) is 15.7 Å². The minimum Gasteiger partial charge on any atom is -0.480 e. The smallest absolute Gasteiger partial charge is 0.232 e. The van der Waals surface area contributed by atoms with Crippen molar-refractivity contribution in [2.24, 2.45) is 10.4 Å². The Bertz CT molecular complexity index is 627. The monoisotopic (exact) mass is 396 g/mol. The fourth-order valence-corrected chi connectivity index (χ4v) is 3.28. The summed E-state index contributed by atoms with van der Waals surface area (Å²) < 4.78 is 6.03. The van der Waals surface area contributed by atoms with Gasteiger partial charge in [-0.05, 0) is 27.8 Å². The van der Waals surface area contributed by atoms with Gasteiger partial charge in [0.15, 0.2) is 5.96 Å². The molecule has 7 nitrogen and oxygen atoms in total. The molecule has 1 aliphatic carbocycles. The van der Waals surface area contributed by atoms with Crippen molar-refractivity contribution in [1.82, 2.24) is 20.2 Å². The summed E-state index contributed by atoms with van der Waals surface area (Å²) in [7, 11) is 3.47. The standard InChI is InChI=1S/C16H25BrN6O/c1-16(2)9-12(16)20-14(18-3)22-5-7-23(8-6-22)15-19-10-11(17)13(21-15)24-4/h10,12H,5-9H2,1-4H3,(H,18,20). The van der Waals surface area contributed by atoms with E-state index in [0.717, 1.165) is 36.6 Å². The maximum atomic E-state index is 5.26. The van der Waals surface area contributed by atoms with E-state index in [1.807, 2.05) is 7.05 Å². The van der Waals surface area contributed by atoms with Crippen LogP contribution < -0.4 is 15.0 Å². The van der Waals surface area contributed by atoms with Crippen LogP contribution in [0.3, 0.4) is 0 Å². The number of hydrogen-bond donors (Lipinski definition) is 1. The zero-order chi connectivity index (χ0) is 17.3. The molecule has 1 aromatic heterocycles. The van der Waals surface area contributed by atoms with Crippen LogP contribution >= 0.6 is 15.9 Å². The molecule has 0 spiro atoms. The summed E-state index contributed by atoms with van der Waals surface area (Å²) in [5.41, 5.74) is 0.388. The van der Waals surface area contributed by atoms with Gasteiger partial charge in [-0.2, -0.15) is 4.98 Å². The number of anilines is 1. The van der Waals surface area contributed by atoms with Gasteiger partial charge in [-0.25, -0.2) is 4.98 Å². The predicted molar refractivity (Wildman–Crippen MR) is 98.8 cm³/mol. The normalized spacial score (nSPS) is 23.2. The highest BCUT2D eigenvalue weighted by molar-refractivity contribution is 9.10. The highest BCUT2D eigenvalue weighted by Crippen LogP contribution is 2.44. The molecule has 3 rings (SSSR count). The van der Waals surface area contributed by atoms with Crippen molar-refractivity contribution in [1.29, 1.82) is 0 Å². The SMILES string of the molecule is CN=C(NC1CC1(C)C)N1CCN(c2ncc(Br)c(OC)n2)CC1. The molecule has 132 valence electrons. The third kappa shape index (κ3) is 3.58. The lowest BCUT2D eigenvalue weighted by atomic mass is 10.2. The van der Waals surface area contributed by atoms with Crippen molar-refractivity contribution in [3.05, 3.63) is 10.7 Å². The molecule has 0 amide bonds. The zero-order valence-corrected chi connectivity index (χ0v) is 16.3. The summed E-state index contributed by atoms with van der Waals surface area (Å²) in [5.74, 6) is 2.27. The lowest BCUT2D eigenvalue weighted by Gasteiger charge is -2.36. The average molecular weight is 397 g/mol. The molecule has 1 N–H and O–H groups in total. The van der Waals surface area contributed by atoms with Crippen LogP contribution in [0.5, 0.6) is 5.88 Å². The van der Waals surface area contributed by atoms with Crippen LogP contribution in [0.25, 0.3) is 0 Å². The Kier molecular flexibility index (Phi) is 4.85. The molecule has 2 fully saturated rings. The van der Waals surface area contributed by atoms with Crippen molar-refractivity contribution in [3.63, 3.8) is 0 Å². The summed E-state index contributed by atoms with van der Waals surface area (Å²) in [6.07, 6.45) is 2.95. The molecule has 0 radical (unpaired) electrons. The van der Waals surface area contributed by atoms with E-state index >= 15 is 0 Å². The van der Waals surface area contributed by atoms with Gasteiger partial charge in [-0.1, -0.05) is 13.8 Å². The number of nitrogens with one attached hydrogen (secondary N) is 1. The number of ether oxygens (including phenoxy) is 1. The molecule has 1 unspecified atom stereocenters. The fraction of sp³-hybridized carbons (Fsp3) is 0.688. The van der Waals surface area contributed by atoms with E-state index in [1.54, 1.807) is 13.3 Å². The fourth-order valence-electron chi connectivity index (χ4n) is 2.92. The van der Waals surface area contributed by atoms with E-state index in [-0.39, 0.29) is 0 Å². The molecule has 1 atom stereocenters. The van der Waals surface area contributed by atoms with Gasteiger partial charge in [0.1, 0.15) is 0 Å². The summed E-state index contributed by atoms with van der Waals surface area (Å²) in [6, 6.07) is 0.535. The molecule has 8 heteroatoms. The molecule has 1 aromatic rings. The van der Waals surface area contributed by atoms with Gasteiger partial charge >= 0.3 is 0 Å². The minimum absolute atomic E-state index is 0.388. The van der Waals surface area contributed by atoms with Gasteiger partial charge in [-0.15, -0.1) is 0 Å². The number of guanidine groups is 1. The van der Waals surface area contributed by atoms with Gasteiger partial charge in [0.25, 0.3) is 0 Å². The Morgan fingerprint density at radius 3 is 2.58 bits per heavy atom. The van der Waals surface area contributed by atoms with Gasteiger partial charge in [0, 0.05) is 39.3 Å². The van der Waals surface area contributed by atoms with Crippen LogP contribution in [0, 0.1) is 5.41 Å². The maximum absolute atomic E-state index is 5.26. The van der Waals surface area contributed by atoms with Crippen LogP contribution in [-0.2, 0) is 0 Å². The van der Waals surface area contributed by atoms with E-state index in [1.165, 1.54) is 6.42 Å². The van der Waals surface area contributed by atoms with E-state index < -0.39 is 0 Å². The third-order valence-electron chi connectivity index (χ3n) is 4.78. The molecule has 0 bridgehead atoms. The molecule has 1 saturated heterocycles. The lowest BCUT2D eigenvalue weighted by Crippen LogP contribution is -2.53. The van der Waals surface area contributed by atoms with E-state index in [0.29, 0.717) is 23.3 Å². The first kappa shape index (κ1) is 17.3. The zero-order valence-electron chi connectivity index (χ0n) is 14.7. The number of aliphatic imine (C=N–C) groups is 1. The Hall–Kier alpha value is -1.57. The van der Waals surface area contributed by atoms with Crippen LogP contribution in [0.1, 0.15) is 20.3 Å². The summed E-state index contributed by atoms with van der Waals surface area (Å²) >= 11 is 3.39. The van der Waals surface area contributed by atoms with Crippen LogP contribution in [-0.4, -0.2) is 67.2 Å². The minimum atomic E-state index is 0.388. The highest BCUT2D eigenvalue weighted by atomic mass is 79.9. The quantitative estimate of drug-likeness (QED) is 0.619. The van der Waals surface area contributed by atoms with Crippen molar-refractivity contribution < 1.29 is 4.74 Å². The van der Waals surface area contributed by atoms with Crippen LogP contribution in [0.2, 0.25) is 0 Å². The number of halogens is 1. The van der Waals surface area contributed by atoms with Gasteiger partial charge in [0.2, 0.25) is 11.8 Å². The summed E-state index contributed by atoms with van der Waals surface area (Å²) in [6.45, 7) is 8.09. The largest absolute Gasteiger partial charge is 0.480 e. The van der Waals surface area contributed by atoms with Crippen LogP contribution in [0.4, 0.5) is 5.95 Å². The molecular weight excluding hydrogens is 372 g/mol. The van der Waals surface area contributed by atoms with Gasteiger partial charge < -0.3 is 19.9 Å². The molecule has 1 saturated carbocycles. The molecular formula is C16H25BrN6O. The number of nitrogens with zero attached hydrogens (tertiary/aromatic N) is 5. The molecule has 24 heavy (non-hydrogen) atoms. The Labute approximate surface area is 151 Å². The third-order valence-corrected chi connectivity index (χ3v) is 5.33. The number of rotatable bonds is 3. The lowest BCUT2D eigenvalue weighted by molar-refractivity contribution is 0.364. The average Bonchev–Trinajstić information content (AvgIpc) is 3.19. The first-order valence-electron chi connectivity index (χ1n) is 8.24. The van der Waals surface area contributed by atoms with E-state index in [9.17, 15) is 0 Å².